The number of hydrogen-bond acceptors (Lipinski definition) is 5. The van der Waals surface area contributed by atoms with Crippen molar-refractivity contribution in [3.63, 3.8) is 0 Å². The maximum Gasteiger partial charge on any atom is 0.224 e. The molecule has 0 aromatic heterocycles. The van der Waals surface area contributed by atoms with Gasteiger partial charge in [-0.05, 0) is 43.2 Å². The van der Waals surface area contributed by atoms with E-state index in [4.69, 9.17) is 9.47 Å². The van der Waals surface area contributed by atoms with Gasteiger partial charge >= 0.3 is 0 Å². The van der Waals surface area contributed by atoms with Gasteiger partial charge in [0.15, 0.2) is 0 Å². The Bertz CT molecular complexity index is 718. The minimum absolute atomic E-state index is 0.0376. The quantitative estimate of drug-likeness (QED) is 0.682. The second-order valence-electron chi connectivity index (χ2n) is 7.99. The lowest BCUT2D eigenvalue weighted by Crippen LogP contribution is -2.44. The summed E-state index contributed by atoms with van der Waals surface area (Å²) in [5.41, 5.74) is 1.95. The Morgan fingerprint density at radius 2 is 2.21 bits per heavy atom. The van der Waals surface area contributed by atoms with Crippen molar-refractivity contribution in [2.75, 3.05) is 32.1 Å². The predicted octanol–water partition coefficient (Wildman–Crippen LogP) is 3.26. The number of hydrogen-bond donors (Lipinski definition) is 2. The molecule has 2 heterocycles. The van der Waals surface area contributed by atoms with E-state index in [1.165, 1.54) is 0 Å². The highest BCUT2D eigenvalue weighted by atomic mass is 32.1. The summed E-state index contributed by atoms with van der Waals surface area (Å²) >= 11 is 4.64. The lowest BCUT2D eigenvalue weighted by Gasteiger charge is -2.36. The van der Waals surface area contributed by atoms with Gasteiger partial charge in [-0.25, -0.2) is 0 Å². The zero-order chi connectivity index (χ0) is 20.1. The number of nitrogens with zero attached hydrogens (tertiary/aromatic N) is 1. The number of carbonyl (C=O) groups excluding carboxylic acids is 2. The minimum atomic E-state index is -0.532. The van der Waals surface area contributed by atoms with Gasteiger partial charge in [-0.2, -0.15) is 0 Å². The van der Waals surface area contributed by atoms with Crippen LogP contribution in [0.1, 0.15) is 44.6 Å². The summed E-state index contributed by atoms with van der Waals surface area (Å²) in [6.07, 6.45) is 4.69. The van der Waals surface area contributed by atoms with E-state index < -0.39 is 4.93 Å². The predicted molar refractivity (Wildman–Crippen MR) is 112 cm³/mol. The molecule has 3 rings (SSSR count). The normalized spacial score (nSPS) is 22.8. The van der Waals surface area contributed by atoms with Crippen molar-refractivity contribution in [1.29, 1.82) is 0 Å². The number of nitrogens with one attached hydrogen (secondary N) is 1. The molecule has 0 spiro atoms. The number of rotatable bonds is 7. The van der Waals surface area contributed by atoms with Gasteiger partial charge in [-0.3, -0.25) is 9.59 Å². The molecular formula is C21H30N2O4S. The fourth-order valence-electron chi connectivity index (χ4n) is 3.61. The Hall–Kier alpha value is -1.73. The van der Waals surface area contributed by atoms with Gasteiger partial charge in [-0.15, -0.1) is 12.6 Å². The molecule has 0 radical (unpaired) electrons. The zero-order valence-electron chi connectivity index (χ0n) is 16.7. The summed E-state index contributed by atoms with van der Waals surface area (Å²) in [4.78, 5) is 25.3. The number of ether oxygens (including phenoxy) is 2. The number of benzene rings is 1. The highest BCUT2D eigenvalue weighted by Crippen LogP contribution is 2.30. The van der Waals surface area contributed by atoms with Crippen LogP contribution >= 0.6 is 12.6 Å². The van der Waals surface area contributed by atoms with Crippen molar-refractivity contribution in [2.24, 2.45) is 5.92 Å². The van der Waals surface area contributed by atoms with Crippen molar-refractivity contribution >= 4 is 30.1 Å². The first-order valence-electron chi connectivity index (χ1n) is 10.0. The van der Waals surface area contributed by atoms with Crippen LogP contribution in [-0.2, 0) is 20.7 Å². The third-order valence-electron chi connectivity index (χ3n) is 5.28. The molecule has 0 saturated carbocycles. The van der Waals surface area contributed by atoms with Gasteiger partial charge in [0.2, 0.25) is 11.8 Å². The summed E-state index contributed by atoms with van der Waals surface area (Å²) in [6.45, 7) is 3.64. The van der Waals surface area contributed by atoms with Gasteiger partial charge in [0, 0.05) is 38.2 Å². The van der Waals surface area contributed by atoms with Crippen LogP contribution in [0.15, 0.2) is 18.2 Å². The summed E-state index contributed by atoms with van der Waals surface area (Å²) in [7, 11) is 1.80. The Kier molecular flexibility index (Phi) is 6.88. The smallest absolute Gasteiger partial charge is 0.224 e. The SMILES string of the molecule is CC(COc1ccc2c(c1)NC(=O)CC2)CC(=O)N(C)CC1(S)CCCCO1. The highest BCUT2D eigenvalue weighted by molar-refractivity contribution is 7.81. The first kappa shape index (κ1) is 21.0. The van der Waals surface area contributed by atoms with Gasteiger partial charge in [-0.1, -0.05) is 13.0 Å². The lowest BCUT2D eigenvalue weighted by atomic mass is 10.0. The molecule has 154 valence electrons. The molecule has 7 heteroatoms. The number of likely N-dealkylation sites (N-methyl/N-ethyl adjacent to an activating group) is 1. The van der Waals surface area contributed by atoms with Crippen LogP contribution in [0.5, 0.6) is 5.75 Å². The average Bonchev–Trinajstić information content (AvgIpc) is 2.66. The van der Waals surface area contributed by atoms with Crippen molar-refractivity contribution in [3.8, 4) is 5.75 Å². The van der Waals surface area contributed by atoms with Gasteiger partial charge in [0.25, 0.3) is 0 Å². The first-order valence-corrected chi connectivity index (χ1v) is 10.5. The van der Waals surface area contributed by atoms with E-state index in [1.54, 1.807) is 11.9 Å². The number of carbonyl (C=O) groups is 2. The Labute approximate surface area is 172 Å². The van der Waals surface area contributed by atoms with E-state index in [2.05, 4.69) is 17.9 Å². The molecule has 2 atom stereocenters. The average molecular weight is 407 g/mol. The number of amides is 2. The Morgan fingerprint density at radius 3 is 2.96 bits per heavy atom. The molecule has 0 aliphatic carbocycles. The van der Waals surface area contributed by atoms with Gasteiger partial charge in [0.1, 0.15) is 10.7 Å². The fraction of sp³-hybridized carbons (Fsp3) is 0.619. The number of aryl methyl sites for hydroxylation is 1. The maximum atomic E-state index is 12.5. The summed E-state index contributed by atoms with van der Waals surface area (Å²) in [6, 6.07) is 5.77. The van der Waals surface area contributed by atoms with Crippen LogP contribution in [0, 0.1) is 5.92 Å². The summed E-state index contributed by atoms with van der Waals surface area (Å²) in [5, 5.41) is 2.88. The zero-order valence-corrected chi connectivity index (χ0v) is 17.6. The molecule has 1 aromatic rings. The van der Waals surface area contributed by atoms with Gasteiger partial charge in [0.05, 0.1) is 13.2 Å². The molecule has 1 N–H and O–H groups in total. The van der Waals surface area contributed by atoms with E-state index in [-0.39, 0.29) is 17.7 Å². The fourth-order valence-corrected chi connectivity index (χ4v) is 4.07. The number of anilines is 1. The second kappa shape index (κ2) is 9.18. The van der Waals surface area contributed by atoms with Crippen LogP contribution in [0.4, 0.5) is 5.69 Å². The van der Waals surface area contributed by atoms with Crippen LogP contribution < -0.4 is 10.1 Å². The van der Waals surface area contributed by atoms with E-state index >= 15 is 0 Å². The molecule has 2 unspecified atom stereocenters. The van der Waals surface area contributed by atoms with E-state index in [0.717, 1.165) is 36.9 Å². The van der Waals surface area contributed by atoms with Crippen molar-refractivity contribution < 1.29 is 19.1 Å². The molecule has 2 aliphatic rings. The van der Waals surface area contributed by atoms with Gasteiger partial charge < -0.3 is 19.7 Å². The van der Waals surface area contributed by atoms with Crippen LogP contribution in [-0.4, -0.2) is 48.5 Å². The third-order valence-corrected chi connectivity index (χ3v) is 5.77. The molecule has 1 fully saturated rings. The van der Waals surface area contributed by atoms with E-state index in [0.29, 0.717) is 38.3 Å². The van der Waals surface area contributed by atoms with Crippen molar-refractivity contribution in [1.82, 2.24) is 4.90 Å². The minimum Gasteiger partial charge on any atom is -0.493 e. The van der Waals surface area contributed by atoms with Crippen molar-refractivity contribution in [2.45, 2.75) is 50.4 Å². The standard InChI is InChI=1S/C21H30N2O4S/c1-15(11-20(25)23(2)14-21(28)9-3-4-10-27-21)13-26-17-7-5-16-6-8-19(24)22-18(16)12-17/h5,7,12,15,28H,3-4,6,8-11,13-14H2,1-2H3,(H,22,24). The Balaban J connectivity index is 1.46. The lowest BCUT2D eigenvalue weighted by molar-refractivity contribution is -0.134. The Morgan fingerprint density at radius 1 is 1.39 bits per heavy atom. The van der Waals surface area contributed by atoms with Crippen molar-refractivity contribution in [3.05, 3.63) is 23.8 Å². The van der Waals surface area contributed by atoms with Crippen LogP contribution in [0.25, 0.3) is 0 Å². The monoisotopic (exact) mass is 406 g/mol. The van der Waals surface area contributed by atoms with Crippen LogP contribution in [0.3, 0.4) is 0 Å². The number of fused-ring (bicyclic) bond motifs is 1. The highest BCUT2D eigenvalue weighted by Gasteiger charge is 2.32. The molecule has 28 heavy (non-hydrogen) atoms. The van der Waals surface area contributed by atoms with Crippen LogP contribution in [0.2, 0.25) is 0 Å². The molecule has 1 aromatic carbocycles. The number of thiol groups is 1. The molecule has 0 bridgehead atoms. The molecule has 2 aliphatic heterocycles. The molecular weight excluding hydrogens is 376 g/mol. The topological polar surface area (TPSA) is 67.9 Å². The van der Waals surface area contributed by atoms with E-state index in [1.807, 2.05) is 25.1 Å². The van der Waals surface area contributed by atoms with E-state index in [9.17, 15) is 9.59 Å². The first-order chi connectivity index (χ1) is 13.3. The summed E-state index contributed by atoms with van der Waals surface area (Å²) in [5.74, 6) is 0.884. The third kappa shape index (κ3) is 5.64. The maximum absolute atomic E-state index is 12.5. The molecule has 1 saturated heterocycles. The molecule has 2 amide bonds. The molecule has 6 nitrogen and oxygen atoms in total. The second-order valence-corrected chi connectivity index (χ2v) is 8.80. The summed E-state index contributed by atoms with van der Waals surface area (Å²) < 4.78 is 11.6. The largest absolute Gasteiger partial charge is 0.493 e.